The Kier molecular flexibility index (Phi) is 14.2. The van der Waals surface area contributed by atoms with E-state index in [0.717, 1.165) is 87.4 Å². The molecule has 4 aromatic rings. The highest BCUT2D eigenvalue weighted by Gasteiger charge is 2.33. The maximum absolute atomic E-state index is 12.8. The minimum Gasteiger partial charge on any atom is -0.497 e. The number of ether oxygens (including phenoxy) is 3. The molecule has 1 N–H and O–H groups in total. The van der Waals surface area contributed by atoms with Crippen molar-refractivity contribution >= 4 is 18.3 Å². The van der Waals surface area contributed by atoms with Crippen molar-refractivity contribution < 1.29 is 19.0 Å². The number of rotatable bonds is 16. The molecule has 1 amide bonds. The summed E-state index contributed by atoms with van der Waals surface area (Å²) < 4.78 is 16.4. The number of benzene rings is 4. The molecule has 0 aliphatic carbocycles. The predicted octanol–water partition coefficient (Wildman–Crippen LogP) is 7.83. The zero-order chi connectivity index (χ0) is 32.9. The van der Waals surface area contributed by atoms with Crippen LogP contribution >= 0.6 is 12.4 Å². The number of nitrogens with zero attached hydrogens (tertiary/aromatic N) is 1. The molecule has 1 heterocycles. The van der Waals surface area contributed by atoms with E-state index in [4.69, 9.17) is 14.2 Å². The zero-order valence-corrected chi connectivity index (χ0v) is 29.5. The summed E-state index contributed by atoms with van der Waals surface area (Å²) in [5.41, 5.74) is 6.42. The van der Waals surface area contributed by atoms with Gasteiger partial charge in [0.25, 0.3) is 0 Å². The molecular formula is C41H51ClN2O4. The van der Waals surface area contributed by atoms with Crippen LogP contribution < -0.4 is 19.5 Å². The van der Waals surface area contributed by atoms with E-state index in [2.05, 4.69) is 83.0 Å². The fourth-order valence-electron chi connectivity index (χ4n) is 7.07. The van der Waals surface area contributed by atoms with Gasteiger partial charge in [0.05, 0.1) is 21.3 Å². The fraction of sp³-hybridized carbons (Fsp3) is 0.390. The number of carbonyl (C=O) groups excluding carboxylic acids is 1. The van der Waals surface area contributed by atoms with Gasteiger partial charge >= 0.3 is 0 Å². The quantitative estimate of drug-likeness (QED) is 0.123. The Bertz CT molecular complexity index is 1470. The molecule has 0 atom stereocenters. The van der Waals surface area contributed by atoms with Crippen LogP contribution in [0.2, 0.25) is 0 Å². The minimum atomic E-state index is -0.133. The molecule has 48 heavy (non-hydrogen) atoms. The lowest BCUT2D eigenvalue weighted by Crippen LogP contribution is -2.33. The van der Waals surface area contributed by atoms with Crippen LogP contribution in [0.1, 0.15) is 59.9 Å². The lowest BCUT2D eigenvalue weighted by molar-refractivity contribution is -0.121. The average Bonchev–Trinajstić information content (AvgIpc) is 3.33. The van der Waals surface area contributed by atoms with Crippen LogP contribution in [0.15, 0.2) is 97.1 Å². The van der Waals surface area contributed by atoms with Gasteiger partial charge in [-0.3, -0.25) is 4.79 Å². The lowest BCUT2D eigenvalue weighted by atomic mass is 9.68. The number of methoxy groups -OCH3 is 3. The number of halogens is 1. The van der Waals surface area contributed by atoms with E-state index in [-0.39, 0.29) is 23.7 Å². The van der Waals surface area contributed by atoms with Crippen LogP contribution in [0.5, 0.6) is 17.2 Å². The van der Waals surface area contributed by atoms with Crippen molar-refractivity contribution in [3.63, 3.8) is 0 Å². The molecule has 0 fully saturated rings. The Balaban J connectivity index is 0.00000520. The fourth-order valence-corrected chi connectivity index (χ4v) is 7.07. The SMILES string of the molecule is COc1ccc(CCC(=O)NCCCC(CCCN2CCc3cc(OC)c(OC)cc3CC2)(c2ccccc2)c2ccccc2)cc1.Cl. The van der Waals surface area contributed by atoms with E-state index in [0.29, 0.717) is 13.0 Å². The second kappa shape index (κ2) is 18.5. The Morgan fingerprint density at radius 2 is 1.27 bits per heavy atom. The third-order valence-corrected chi connectivity index (χ3v) is 9.73. The average molecular weight is 671 g/mol. The van der Waals surface area contributed by atoms with Crippen LogP contribution in [0, 0.1) is 0 Å². The van der Waals surface area contributed by atoms with Gasteiger partial charge in [0.15, 0.2) is 11.5 Å². The van der Waals surface area contributed by atoms with Crippen molar-refractivity contribution in [2.24, 2.45) is 0 Å². The standard InChI is InChI=1S/C41H50N2O4.ClH/c1-45-37-19-16-32(17-20-37)18-21-40(44)42-26-10-24-41(35-12-6-4-7-13-35,36-14-8-5-9-15-36)25-11-27-43-28-22-33-30-38(46-2)39(47-3)31-34(33)23-29-43;/h4-9,12-17,19-20,30-31H,10-11,18,21-29H2,1-3H3,(H,42,44);1H. The Hall–Kier alpha value is -4.00. The Morgan fingerprint density at radius 1 is 0.729 bits per heavy atom. The first kappa shape index (κ1) is 36.8. The van der Waals surface area contributed by atoms with Crippen molar-refractivity contribution in [1.29, 1.82) is 0 Å². The number of amides is 1. The summed E-state index contributed by atoms with van der Waals surface area (Å²) in [4.78, 5) is 15.4. The summed E-state index contributed by atoms with van der Waals surface area (Å²) in [5.74, 6) is 2.55. The minimum absolute atomic E-state index is 0. The highest BCUT2D eigenvalue weighted by Crippen LogP contribution is 2.41. The molecule has 0 saturated carbocycles. The number of aryl methyl sites for hydroxylation is 1. The molecular weight excluding hydrogens is 620 g/mol. The summed E-state index contributed by atoms with van der Waals surface area (Å²) in [7, 11) is 5.08. The molecule has 1 aliphatic heterocycles. The Morgan fingerprint density at radius 3 is 1.79 bits per heavy atom. The summed E-state index contributed by atoms with van der Waals surface area (Å²) in [6, 6.07) is 34.2. The normalized spacial score (nSPS) is 13.1. The van der Waals surface area contributed by atoms with Gasteiger partial charge in [-0.1, -0.05) is 72.8 Å². The van der Waals surface area contributed by atoms with Crippen molar-refractivity contribution in [3.05, 3.63) is 125 Å². The molecule has 0 aromatic heterocycles. The van der Waals surface area contributed by atoms with Crippen molar-refractivity contribution in [2.45, 2.75) is 56.8 Å². The molecule has 0 spiro atoms. The first-order chi connectivity index (χ1) is 23.0. The summed E-state index contributed by atoms with van der Waals surface area (Å²) in [5, 5.41) is 3.20. The third-order valence-electron chi connectivity index (χ3n) is 9.73. The molecule has 0 bridgehead atoms. The van der Waals surface area contributed by atoms with Gasteiger partial charge in [0.2, 0.25) is 5.91 Å². The predicted molar refractivity (Wildman–Crippen MR) is 197 cm³/mol. The van der Waals surface area contributed by atoms with E-state index in [1.807, 2.05) is 24.3 Å². The maximum atomic E-state index is 12.8. The van der Waals surface area contributed by atoms with E-state index >= 15 is 0 Å². The second-order valence-electron chi connectivity index (χ2n) is 12.5. The molecule has 0 saturated heterocycles. The van der Waals surface area contributed by atoms with Gasteiger partial charge in [0.1, 0.15) is 5.75 Å². The molecule has 7 heteroatoms. The van der Waals surface area contributed by atoms with E-state index < -0.39 is 0 Å². The van der Waals surface area contributed by atoms with Gasteiger partial charge in [-0.2, -0.15) is 0 Å². The van der Waals surface area contributed by atoms with Gasteiger partial charge in [-0.05, 0) is 104 Å². The van der Waals surface area contributed by atoms with Crippen molar-refractivity contribution in [1.82, 2.24) is 10.2 Å². The summed E-state index contributed by atoms with van der Waals surface area (Å²) >= 11 is 0. The first-order valence-electron chi connectivity index (χ1n) is 17.0. The maximum Gasteiger partial charge on any atom is 0.220 e. The van der Waals surface area contributed by atoms with Crippen LogP contribution in [-0.2, 0) is 29.5 Å². The monoisotopic (exact) mass is 670 g/mol. The second-order valence-corrected chi connectivity index (χ2v) is 12.5. The molecule has 256 valence electrons. The largest absolute Gasteiger partial charge is 0.497 e. The van der Waals surface area contributed by atoms with Gasteiger partial charge in [-0.15, -0.1) is 12.4 Å². The van der Waals surface area contributed by atoms with Gasteiger partial charge < -0.3 is 24.4 Å². The summed E-state index contributed by atoms with van der Waals surface area (Å²) in [6.45, 7) is 3.79. The van der Waals surface area contributed by atoms with Crippen LogP contribution in [0.25, 0.3) is 0 Å². The van der Waals surface area contributed by atoms with Gasteiger partial charge in [-0.25, -0.2) is 0 Å². The van der Waals surface area contributed by atoms with E-state index in [1.165, 1.54) is 22.3 Å². The van der Waals surface area contributed by atoms with E-state index in [9.17, 15) is 4.79 Å². The number of hydrogen-bond acceptors (Lipinski definition) is 5. The third kappa shape index (κ3) is 9.55. The van der Waals surface area contributed by atoms with Crippen molar-refractivity contribution in [3.8, 4) is 17.2 Å². The zero-order valence-electron chi connectivity index (χ0n) is 28.7. The summed E-state index contributed by atoms with van der Waals surface area (Å²) in [6.07, 6.45) is 7.21. The number of nitrogens with one attached hydrogen (secondary N) is 1. The van der Waals surface area contributed by atoms with Crippen LogP contribution in [0.4, 0.5) is 0 Å². The smallest absolute Gasteiger partial charge is 0.220 e. The molecule has 6 nitrogen and oxygen atoms in total. The highest BCUT2D eigenvalue weighted by molar-refractivity contribution is 5.85. The first-order valence-corrected chi connectivity index (χ1v) is 17.0. The molecule has 0 unspecified atom stereocenters. The van der Waals surface area contributed by atoms with Gasteiger partial charge in [0, 0.05) is 31.5 Å². The number of fused-ring (bicyclic) bond motifs is 1. The van der Waals surface area contributed by atoms with E-state index in [1.54, 1.807) is 21.3 Å². The molecule has 4 aromatic carbocycles. The van der Waals surface area contributed by atoms with Crippen molar-refractivity contribution in [2.75, 3.05) is 47.5 Å². The number of hydrogen-bond donors (Lipinski definition) is 1. The lowest BCUT2D eigenvalue weighted by Gasteiger charge is -2.36. The molecule has 5 rings (SSSR count). The highest BCUT2D eigenvalue weighted by atomic mass is 35.5. The molecule has 0 radical (unpaired) electrons. The van der Waals surface area contributed by atoms with Crippen LogP contribution in [-0.4, -0.2) is 58.3 Å². The van der Waals surface area contributed by atoms with Crippen LogP contribution in [0.3, 0.4) is 0 Å². The Labute approximate surface area is 293 Å². The number of carbonyl (C=O) groups is 1. The molecule has 1 aliphatic rings. The topological polar surface area (TPSA) is 60.0 Å².